The van der Waals surface area contributed by atoms with Crippen LogP contribution in [-0.4, -0.2) is 23.7 Å². The summed E-state index contributed by atoms with van der Waals surface area (Å²) in [5.41, 5.74) is 1.22. The number of aliphatic hydroxyl groups is 1. The van der Waals surface area contributed by atoms with Crippen molar-refractivity contribution in [3.8, 4) is 0 Å². The third-order valence-electron chi connectivity index (χ3n) is 3.69. The van der Waals surface area contributed by atoms with E-state index >= 15 is 0 Å². The van der Waals surface area contributed by atoms with Crippen molar-refractivity contribution < 1.29 is 9.90 Å². The summed E-state index contributed by atoms with van der Waals surface area (Å²) in [6.07, 6.45) is 4.68. The van der Waals surface area contributed by atoms with Crippen LogP contribution in [0.1, 0.15) is 49.0 Å². The quantitative estimate of drug-likeness (QED) is 0.861. The Kier molecular flexibility index (Phi) is 4.78. The Balaban J connectivity index is 2.02. The number of carbonyl (C=O) groups is 1. The zero-order valence-electron chi connectivity index (χ0n) is 10.8. The summed E-state index contributed by atoms with van der Waals surface area (Å²) < 4.78 is 0. The SMILES string of the molecule is CCC(CCO)NC(=O)C1CCCc2sccc21. The minimum Gasteiger partial charge on any atom is -0.396 e. The van der Waals surface area contributed by atoms with Crippen molar-refractivity contribution in [3.05, 3.63) is 21.9 Å². The second-order valence-corrected chi connectivity index (χ2v) is 5.87. The van der Waals surface area contributed by atoms with E-state index in [2.05, 4.69) is 16.8 Å². The Morgan fingerprint density at radius 3 is 3.22 bits per heavy atom. The summed E-state index contributed by atoms with van der Waals surface area (Å²) in [4.78, 5) is 13.7. The number of thiophene rings is 1. The molecule has 1 amide bonds. The zero-order valence-corrected chi connectivity index (χ0v) is 11.6. The first-order chi connectivity index (χ1) is 8.76. The lowest BCUT2D eigenvalue weighted by molar-refractivity contribution is -0.123. The van der Waals surface area contributed by atoms with Crippen molar-refractivity contribution in [1.29, 1.82) is 0 Å². The van der Waals surface area contributed by atoms with Gasteiger partial charge in [-0.3, -0.25) is 4.79 Å². The fraction of sp³-hybridized carbons (Fsp3) is 0.643. The van der Waals surface area contributed by atoms with Crippen LogP contribution in [0.15, 0.2) is 11.4 Å². The largest absolute Gasteiger partial charge is 0.396 e. The molecule has 2 N–H and O–H groups in total. The van der Waals surface area contributed by atoms with Gasteiger partial charge in [0.15, 0.2) is 0 Å². The van der Waals surface area contributed by atoms with Crippen LogP contribution >= 0.6 is 11.3 Å². The van der Waals surface area contributed by atoms with Crippen molar-refractivity contribution in [2.24, 2.45) is 0 Å². The van der Waals surface area contributed by atoms with Crippen LogP contribution in [0.3, 0.4) is 0 Å². The molecule has 0 aromatic carbocycles. The van der Waals surface area contributed by atoms with Gasteiger partial charge in [0.25, 0.3) is 0 Å². The van der Waals surface area contributed by atoms with Gasteiger partial charge in [-0.05, 0) is 49.1 Å². The van der Waals surface area contributed by atoms with Crippen LogP contribution in [-0.2, 0) is 11.2 Å². The Morgan fingerprint density at radius 1 is 1.67 bits per heavy atom. The number of hydrogen-bond donors (Lipinski definition) is 2. The molecule has 0 bridgehead atoms. The van der Waals surface area contributed by atoms with Gasteiger partial charge in [0.2, 0.25) is 5.91 Å². The monoisotopic (exact) mass is 267 g/mol. The Labute approximate surface area is 112 Å². The molecule has 0 radical (unpaired) electrons. The minimum atomic E-state index is 0.0211. The van der Waals surface area contributed by atoms with Crippen molar-refractivity contribution in [2.75, 3.05) is 6.61 Å². The lowest BCUT2D eigenvalue weighted by Gasteiger charge is -2.24. The number of aryl methyl sites for hydroxylation is 1. The van der Waals surface area contributed by atoms with Gasteiger partial charge < -0.3 is 10.4 Å². The molecule has 0 saturated heterocycles. The van der Waals surface area contributed by atoms with Crippen molar-refractivity contribution in [1.82, 2.24) is 5.32 Å². The predicted octanol–water partition coefficient (Wildman–Crippen LogP) is 2.45. The van der Waals surface area contributed by atoms with E-state index < -0.39 is 0 Å². The number of amides is 1. The van der Waals surface area contributed by atoms with E-state index in [1.54, 1.807) is 11.3 Å². The zero-order chi connectivity index (χ0) is 13.0. The number of rotatable bonds is 5. The Morgan fingerprint density at radius 2 is 2.50 bits per heavy atom. The number of nitrogens with one attached hydrogen (secondary N) is 1. The summed E-state index contributed by atoms with van der Waals surface area (Å²) in [7, 11) is 0. The second-order valence-electron chi connectivity index (χ2n) is 4.87. The third kappa shape index (κ3) is 2.93. The van der Waals surface area contributed by atoms with Crippen molar-refractivity contribution >= 4 is 17.2 Å². The molecule has 0 saturated carbocycles. The minimum absolute atomic E-state index is 0.0211. The molecule has 0 aliphatic heterocycles. The maximum Gasteiger partial charge on any atom is 0.227 e. The van der Waals surface area contributed by atoms with Gasteiger partial charge >= 0.3 is 0 Å². The van der Waals surface area contributed by atoms with Crippen LogP contribution in [0.4, 0.5) is 0 Å². The van der Waals surface area contributed by atoms with Crippen LogP contribution < -0.4 is 5.32 Å². The molecular formula is C14H21NO2S. The number of hydrogen-bond acceptors (Lipinski definition) is 3. The number of fused-ring (bicyclic) bond motifs is 1. The lowest BCUT2D eigenvalue weighted by Crippen LogP contribution is -2.39. The van der Waals surface area contributed by atoms with E-state index in [9.17, 15) is 4.79 Å². The molecular weight excluding hydrogens is 246 g/mol. The van der Waals surface area contributed by atoms with Crippen LogP contribution in [0.2, 0.25) is 0 Å². The summed E-state index contributed by atoms with van der Waals surface area (Å²) in [6, 6.07) is 2.20. The number of carbonyl (C=O) groups excluding carboxylic acids is 1. The molecule has 2 atom stereocenters. The molecule has 1 heterocycles. The van der Waals surface area contributed by atoms with E-state index in [1.165, 1.54) is 10.4 Å². The predicted molar refractivity (Wildman–Crippen MR) is 73.9 cm³/mol. The molecule has 1 aromatic heterocycles. The highest BCUT2D eigenvalue weighted by Gasteiger charge is 2.28. The normalized spacial score (nSPS) is 20.2. The molecule has 2 unspecified atom stereocenters. The maximum absolute atomic E-state index is 12.3. The molecule has 4 heteroatoms. The van der Waals surface area contributed by atoms with E-state index in [4.69, 9.17) is 5.11 Å². The average molecular weight is 267 g/mol. The first-order valence-electron chi connectivity index (χ1n) is 6.73. The highest BCUT2D eigenvalue weighted by atomic mass is 32.1. The van der Waals surface area contributed by atoms with E-state index in [0.717, 1.165) is 25.7 Å². The molecule has 1 aliphatic carbocycles. The van der Waals surface area contributed by atoms with Gasteiger partial charge in [-0.1, -0.05) is 6.92 Å². The average Bonchev–Trinajstić information content (AvgIpc) is 2.85. The van der Waals surface area contributed by atoms with Gasteiger partial charge in [-0.15, -0.1) is 11.3 Å². The molecule has 0 fully saturated rings. The molecule has 18 heavy (non-hydrogen) atoms. The van der Waals surface area contributed by atoms with Gasteiger partial charge in [0.05, 0.1) is 5.92 Å². The first kappa shape index (κ1) is 13.6. The smallest absolute Gasteiger partial charge is 0.227 e. The lowest BCUT2D eigenvalue weighted by atomic mass is 9.87. The van der Waals surface area contributed by atoms with Crippen molar-refractivity contribution in [3.63, 3.8) is 0 Å². The summed E-state index contributed by atoms with van der Waals surface area (Å²) in [5, 5.41) is 14.1. The molecule has 0 spiro atoms. The molecule has 3 nitrogen and oxygen atoms in total. The van der Waals surface area contributed by atoms with Gasteiger partial charge in [0, 0.05) is 17.5 Å². The Hall–Kier alpha value is -0.870. The molecule has 2 rings (SSSR count). The summed E-state index contributed by atoms with van der Waals surface area (Å²) >= 11 is 1.76. The fourth-order valence-electron chi connectivity index (χ4n) is 2.59. The Bertz CT molecular complexity index is 402. The standard InChI is InChI=1S/C14H21NO2S/c1-2-10(6-8-16)15-14(17)12-4-3-5-13-11(12)7-9-18-13/h7,9-10,12,16H,2-6,8H2,1H3,(H,15,17). The molecule has 100 valence electrons. The summed E-state index contributed by atoms with van der Waals surface area (Å²) in [5.74, 6) is 0.155. The van der Waals surface area contributed by atoms with E-state index in [1.807, 2.05) is 6.92 Å². The summed E-state index contributed by atoms with van der Waals surface area (Å²) in [6.45, 7) is 2.17. The van der Waals surface area contributed by atoms with Crippen LogP contribution in [0.5, 0.6) is 0 Å². The number of aliphatic hydroxyl groups excluding tert-OH is 1. The van der Waals surface area contributed by atoms with Gasteiger partial charge in [-0.25, -0.2) is 0 Å². The van der Waals surface area contributed by atoms with E-state index in [0.29, 0.717) is 6.42 Å². The molecule has 1 aromatic rings. The van der Waals surface area contributed by atoms with Crippen LogP contribution in [0.25, 0.3) is 0 Å². The first-order valence-corrected chi connectivity index (χ1v) is 7.61. The van der Waals surface area contributed by atoms with E-state index in [-0.39, 0.29) is 24.5 Å². The van der Waals surface area contributed by atoms with Gasteiger partial charge in [0.1, 0.15) is 0 Å². The third-order valence-corrected chi connectivity index (χ3v) is 4.68. The molecule has 1 aliphatic rings. The highest BCUT2D eigenvalue weighted by Crippen LogP contribution is 2.35. The second kappa shape index (κ2) is 6.34. The fourth-order valence-corrected chi connectivity index (χ4v) is 3.58. The highest BCUT2D eigenvalue weighted by molar-refractivity contribution is 7.10. The van der Waals surface area contributed by atoms with Crippen LogP contribution in [0, 0.1) is 0 Å². The van der Waals surface area contributed by atoms with Gasteiger partial charge in [-0.2, -0.15) is 0 Å². The topological polar surface area (TPSA) is 49.3 Å². The maximum atomic E-state index is 12.3. The van der Waals surface area contributed by atoms with Crippen molar-refractivity contribution in [2.45, 2.75) is 51.0 Å².